The second kappa shape index (κ2) is 5.42. The SMILES string of the molecule is Cc1c(O)c(C)c2c(c1O)C(=O)[C@](O)(Cc1ccc(O)cc1)CO2. The summed E-state index contributed by atoms with van der Waals surface area (Å²) in [5, 5.41) is 40.3. The van der Waals surface area contributed by atoms with Crippen LogP contribution in [0.5, 0.6) is 23.0 Å². The Morgan fingerprint density at radius 3 is 2.29 bits per heavy atom. The number of phenols is 3. The van der Waals surface area contributed by atoms with Crippen molar-refractivity contribution in [2.45, 2.75) is 25.9 Å². The molecule has 1 aliphatic heterocycles. The molecule has 0 spiro atoms. The summed E-state index contributed by atoms with van der Waals surface area (Å²) in [5.74, 6) is -0.997. The normalized spacial score (nSPS) is 19.7. The van der Waals surface area contributed by atoms with E-state index in [-0.39, 0.29) is 47.2 Å². The first kappa shape index (κ1) is 16.1. The molecule has 0 bridgehead atoms. The van der Waals surface area contributed by atoms with Gasteiger partial charge in [-0.1, -0.05) is 12.1 Å². The molecule has 0 radical (unpaired) electrons. The molecule has 3 rings (SSSR count). The summed E-state index contributed by atoms with van der Waals surface area (Å²) in [6, 6.07) is 6.13. The second-order valence-electron chi connectivity index (χ2n) is 6.14. The lowest BCUT2D eigenvalue weighted by molar-refractivity contribution is -0.00264. The highest BCUT2D eigenvalue weighted by Crippen LogP contribution is 2.45. The molecule has 0 unspecified atom stereocenters. The maximum atomic E-state index is 12.8. The Hall–Kier alpha value is -2.73. The average Bonchev–Trinajstić information content (AvgIpc) is 2.56. The molecule has 2 aromatic carbocycles. The number of rotatable bonds is 2. The third-order valence-electron chi connectivity index (χ3n) is 4.41. The Morgan fingerprint density at radius 1 is 1.04 bits per heavy atom. The van der Waals surface area contributed by atoms with E-state index in [1.54, 1.807) is 19.1 Å². The summed E-state index contributed by atoms with van der Waals surface area (Å²) in [6.45, 7) is 2.78. The van der Waals surface area contributed by atoms with E-state index in [0.29, 0.717) is 11.1 Å². The van der Waals surface area contributed by atoms with Crippen LogP contribution >= 0.6 is 0 Å². The lowest BCUT2D eigenvalue weighted by atomic mass is 9.83. The van der Waals surface area contributed by atoms with Crippen LogP contribution in [0.2, 0.25) is 0 Å². The van der Waals surface area contributed by atoms with E-state index in [1.165, 1.54) is 19.1 Å². The first-order valence-corrected chi connectivity index (χ1v) is 7.47. The smallest absolute Gasteiger partial charge is 0.205 e. The number of carbonyl (C=O) groups excluding carboxylic acids is 1. The van der Waals surface area contributed by atoms with Gasteiger partial charge in [0.05, 0.1) is 0 Å². The van der Waals surface area contributed by atoms with Crippen LogP contribution in [0.1, 0.15) is 27.0 Å². The molecule has 1 heterocycles. The van der Waals surface area contributed by atoms with Gasteiger partial charge in [0.15, 0.2) is 5.60 Å². The number of ketones is 1. The van der Waals surface area contributed by atoms with Gasteiger partial charge >= 0.3 is 0 Å². The Labute approximate surface area is 138 Å². The minimum atomic E-state index is -1.84. The highest BCUT2D eigenvalue weighted by atomic mass is 16.5. The zero-order chi connectivity index (χ0) is 17.6. The summed E-state index contributed by atoms with van der Waals surface area (Å²) >= 11 is 0. The fraction of sp³-hybridized carbons (Fsp3) is 0.278. The minimum absolute atomic E-state index is 0.0238. The topological polar surface area (TPSA) is 107 Å². The maximum absolute atomic E-state index is 12.8. The Balaban J connectivity index is 2.04. The molecule has 6 heteroatoms. The third-order valence-corrected chi connectivity index (χ3v) is 4.41. The quantitative estimate of drug-likeness (QED) is 0.671. The van der Waals surface area contributed by atoms with Crippen molar-refractivity contribution in [2.75, 3.05) is 6.61 Å². The number of hydrogen-bond donors (Lipinski definition) is 4. The highest BCUT2D eigenvalue weighted by molar-refractivity contribution is 6.08. The number of hydrogen-bond acceptors (Lipinski definition) is 6. The number of aromatic hydroxyl groups is 3. The first-order valence-electron chi connectivity index (χ1n) is 7.47. The molecule has 0 saturated heterocycles. The largest absolute Gasteiger partial charge is 0.508 e. The molecule has 6 nitrogen and oxygen atoms in total. The molecule has 0 aliphatic carbocycles. The molecule has 24 heavy (non-hydrogen) atoms. The van der Waals surface area contributed by atoms with E-state index in [0.717, 1.165) is 0 Å². The average molecular weight is 330 g/mol. The molecule has 0 aromatic heterocycles. The van der Waals surface area contributed by atoms with Gasteiger partial charge in [-0.3, -0.25) is 4.79 Å². The van der Waals surface area contributed by atoms with Crippen LogP contribution in [-0.2, 0) is 6.42 Å². The van der Waals surface area contributed by atoms with Gasteiger partial charge in [-0.05, 0) is 31.5 Å². The maximum Gasteiger partial charge on any atom is 0.205 e. The van der Waals surface area contributed by atoms with Gasteiger partial charge in [-0.25, -0.2) is 0 Å². The minimum Gasteiger partial charge on any atom is -0.508 e. The lowest BCUT2D eigenvalue weighted by Gasteiger charge is -2.33. The fourth-order valence-corrected chi connectivity index (χ4v) is 2.95. The molecule has 2 aromatic rings. The number of aliphatic hydroxyl groups is 1. The van der Waals surface area contributed by atoms with Crippen molar-refractivity contribution in [3.8, 4) is 23.0 Å². The molecular formula is C18H18O6. The van der Waals surface area contributed by atoms with Crippen LogP contribution in [0, 0.1) is 13.8 Å². The van der Waals surface area contributed by atoms with Gasteiger partial charge in [0.25, 0.3) is 0 Å². The molecule has 0 saturated carbocycles. The van der Waals surface area contributed by atoms with Crippen LogP contribution in [0.15, 0.2) is 24.3 Å². The fourth-order valence-electron chi connectivity index (χ4n) is 2.95. The van der Waals surface area contributed by atoms with Crippen molar-refractivity contribution in [1.82, 2.24) is 0 Å². The standard InChI is InChI=1S/C18H18O6/c1-9-14(20)10(2)16-13(15(9)21)17(22)18(23,8-24-16)7-11-3-5-12(19)6-4-11/h3-6,19-21,23H,7-8H2,1-2H3/t18-/m0/s1. The van der Waals surface area contributed by atoms with Gasteiger partial charge in [0.2, 0.25) is 5.78 Å². The van der Waals surface area contributed by atoms with Crippen LogP contribution in [0.25, 0.3) is 0 Å². The van der Waals surface area contributed by atoms with E-state index in [1.807, 2.05) is 0 Å². The highest BCUT2D eigenvalue weighted by Gasteiger charge is 2.45. The summed E-state index contributed by atoms with van der Waals surface area (Å²) < 4.78 is 5.51. The van der Waals surface area contributed by atoms with E-state index >= 15 is 0 Å². The van der Waals surface area contributed by atoms with Crippen LogP contribution in [0.3, 0.4) is 0 Å². The molecule has 0 amide bonds. The van der Waals surface area contributed by atoms with E-state index in [4.69, 9.17) is 4.74 Å². The van der Waals surface area contributed by atoms with Crippen LogP contribution in [0.4, 0.5) is 0 Å². The Morgan fingerprint density at radius 2 is 1.67 bits per heavy atom. The van der Waals surface area contributed by atoms with E-state index < -0.39 is 11.4 Å². The van der Waals surface area contributed by atoms with Crippen molar-refractivity contribution >= 4 is 5.78 Å². The number of fused-ring (bicyclic) bond motifs is 1. The predicted molar refractivity (Wildman–Crippen MR) is 85.8 cm³/mol. The van der Waals surface area contributed by atoms with Crippen LogP contribution in [-0.4, -0.2) is 38.4 Å². The monoisotopic (exact) mass is 330 g/mol. The van der Waals surface area contributed by atoms with Crippen molar-refractivity contribution in [1.29, 1.82) is 0 Å². The van der Waals surface area contributed by atoms with Crippen molar-refractivity contribution in [2.24, 2.45) is 0 Å². The molecule has 0 fully saturated rings. The van der Waals surface area contributed by atoms with E-state index in [2.05, 4.69) is 0 Å². The molecule has 1 atom stereocenters. The Kier molecular flexibility index (Phi) is 3.64. The lowest BCUT2D eigenvalue weighted by Crippen LogP contribution is -2.49. The predicted octanol–water partition coefficient (Wildman–Crippen LogP) is 1.97. The van der Waals surface area contributed by atoms with Crippen LogP contribution < -0.4 is 4.74 Å². The van der Waals surface area contributed by atoms with Crippen molar-refractivity contribution in [3.05, 3.63) is 46.5 Å². The second-order valence-corrected chi connectivity index (χ2v) is 6.14. The van der Waals surface area contributed by atoms with Gasteiger partial charge < -0.3 is 25.2 Å². The number of ether oxygens (including phenoxy) is 1. The zero-order valence-electron chi connectivity index (χ0n) is 13.3. The summed E-state index contributed by atoms with van der Waals surface area (Å²) in [6.07, 6.45) is -0.0238. The van der Waals surface area contributed by atoms with E-state index in [9.17, 15) is 25.2 Å². The van der Waals surface area contributed by atoms with Crippen molar-refractivity contribution in [3.63, 3.8) is 0 Å². The number of Topliss-reactive ketones (excluding diaryl/α,β-unsaturated/α-hetero) is 1. The Bertz CT molecular complexity index is 825. The van der Waals surface area contributed by atoms with Gasteiger partial charge in [0.1, 0.15) is 35.2 Å². The van der Waals surface area contributed by atoms with Gasteiger partial charge in [0, 0.05) is 17.5 Å². The summed E-state index contributed by atoms with van der Waals surface area (Å²) in [5.41, 5.74) is -0.799. The molecule has 126 valence electrons. The molecular weight excluding hydrogens is 312 g/mol. The van der Waals surface area contributed by atoms with Gasteiger partial charge in [-0.15, -0.1) is 0 Å². The number of benzene rings is 2. The summed E-state index contributed by atoms with van der Waals surface area (Å²) in [4.78, 5) is 12.8. The molecule has 4 N–H and O–H groups in total. The van der Waals surface area contributed by atoms with Crippen molar-refractivity contribution < 1.29 is 30.0 Å². The molecule has 1 aliphatic rings. The zero-order valence-corrected chi connectivity index (χ0v) is 13.3. The number of phenolic OH excluding ortho intramolecular Hbond substituents is 3. The number of carbonyl (C=O) groups is 1. The first-order chi connectivity index (χ1) is 11.2. The van der Waals surface area contributed by atoms with Gasteiger partial charge in [-0.2, -0.15) is 0 Å². The third kappa shape index (κ3) is 2.35. The summed E-state index contributed by atoms with van der Waals surface area (Å²) in [7, 11) is 0.